The van der Waals surface area contributed by atoms with Gasteiger partial charge < -0.3 is 15.0 Å². The molecule has 0 aliphatic carbocycles. The van der Waals surface area contributed by atoms with Crippen molar-refractivity contribution in [1.82, 2.24) is 0 Å². The Morgan fingerprint density at radius 3 is 2.52 bits per heavy atom. The molecule has 0 atom stereocenters. The third kappa shape index (κ3) is 3.42. The number of hydrogen-bond acceptors (Lipinski definition) is 5. The predicted molar refractivity (Wildman–Crippen MR) is 88.3 cm³/mol. The second kappa shape index (κ2) is 6.41. The molecule has 1 amide bonds. The van der Waals surface area contributed by atoms with E-state index in [4.69, 9.17) is 4.74 Å². The van der Waals surface area contributed by atoms with Crippen LogP contribution in [0.4, 0.5) is 34.6 Å². The molecule has 27 heavy (non-hydrogen) atoms. The number of amides is 1. The van der Waals surface area contributed by atoms with Gasteiger partial charge in [0.2, 0.25) is 0 Å². The van der Waals surface area contributed by atoms with Gasteiger partial charge in [0.1, 0.15) is 16.5 Å². The molecule has 6 nitrogen and oxygen atoms in total. The quantitative estimate of drug-likeness (QED) is 0.796. The smallest absolute Gasteiger partial charge is 0.482 e. The van der Waals surface area contributed by atoms with Crippen molar-refractivity contribution in [3.05, 3.63) is 42.2 Å². The molecule has 0 bridgehead atoms. The molecule has 0 unspecified atom stereocenters. The van der Waals surface area contributed by atoms with Crippen LogP contribution in [0.1, 0.15) is 0 Å². The van der Waals surface area contributed by atoms with Crippen LogP contribution in [0.15, 0.2) is 41.3 Å². The minimum absolute atomic E-state index is 0.151. The monoisotopic (exact) mass is 404 g/mol. The van der Waals surface area contributed by atoms with E-state index in [-0.39, 0.29) is 18.2 Å². The first kappa shape index (κ1) is 19.0. The van der Waals surface area contributed by atoms with E-state index in [0.717, 1.165) is 12.1 Å². The maximum atomic E-state index is 13.4. The minimum atomic E-state index is -5.78. The lowest BCUT2D eigenvalue weighted by atomic mass is 10.2. The molecule has 0 saturated carbocycles. The number of halogens is 4. The van der Waals surface area contributed by atoms with E-state index in [2.05, 4.69) is 5.32 Å². The first-order chi connectivity index (χ1) is 12.5. The summed E-state index contributed by atoms with van der Waals surface area (Å²) in [5.41, 5.74) is -5.52. The maximum Gasteiger partial charge on any atom is 0.501 e. The van der Waals surface area contributed by atoms with Crippen LogP contribution in [0.5, 0.6) is 5.75 Å². The Hall–Kier alpha value is -2.82. The Balaban J connectivity index is 2.04. The van der Waals surface area contributed by atoms with Gasteiger partial charge in [0, 0.05) is 12.7 Å². The van der Waals surface area contributed by atoms with Crippen LogP contribution >= 0.6 is 0 Å². The van der Waals surface area contributed by atoms with Crippen LogP contribution in [0.25, 0.3) is 0 Å². The van der Waals surface area contributed by atoms with Gasteiger partial charge in [0.15, 0.2) is 6.61 Å². The van der Waals surface area contributed by atoms with E-state index in [1.54, 1.807) is 0 Å². The van der Waals surface area contributed by atoms with Gasteiger partial charge in [-0.15, -0.1) is 0 Å². The summed E-state index contributed by atoms with van der Waals surface area (Å²) in [6.07, 6.45) is 0. The highest BCUT2D eigenvalue weighted by Crippen LogP contribution is 2.38. The molecule has 1 aliphatic heterocycles. The number of sulfone groups is 1. The van der Waals surface area contributed by atoms with Gasteiger partial charge in [-0.2, -0.15) is 13.2 Å². The average molecular weight is 404 g/mol. The van der Waals surface area contributed by atoms with E-state index >= 15 is 0 Å². The van der Waals surface area contributed by atoms with Gasteiger partial charge in [-0.25, -0.2) is 12.8 Å². The van der Waals surface area contributed by atoms with Gasteiger partial charge in [-0.1, -0.05) is 0 Å². The number of rotatable bonds is 3. The molecular weight excluding hydrogens is 392 g/mol. The zero-order valence-electron chi connectivity index (χ0n) is 13.7. The molecule has 1 aliphatic rings. The van der Waals surface area contributed by atoms with Gasteiger partial charge >= 0.3 is 5.51 Å². The predicted octanol–water partition coefficient (Wildman–Crippen LogP) is 3.22. The summed E-state index contributed by atoms with van der Waals surface area (Å²) in [4.78, 5) is 11.7. The van der Waals surface area contributed by atoms with E-state index < -0.39 is 31.7 Å². The Bertz CT molecular complexity index is 1020. The van der Waals surface area contributed by atoms with Gasteiger partial charge in [-0.3, -0.25) is 4.79 Å². The summed E-state index contributed by atoms with van der Waals surface area (Å²) in [7, 11) is -4.29. The number of nitrogens with zero attached hydrogens (tertiary/aromatic N) is 1. The molecule has 0 fully saturated rings. The molecule has 1 N–H and O–H groups in total. The highest BCUT2D eigenvalue weighted by atomic mass is 32.2. The Morgan fingerprint density at radius 2 is 1.85 bits per heavy atom. The normalized spacial score (nSPS) is 14.6. The molecule has 0 saturated heterocycles. The Morgan fingerprint density at radius 1 is 1.15 bits per heavy atom. The summed E-state index contributed by atoms with van der Waals surface area (Å²) < 4.78 is 80.8. The van der Waals surface area contributed by atoms with Crippen molar-refractivity contribution >= 4 is 32.8 Å². The molecule has 0 aromatic heterocycles. The molecule has 2 aromatic carbocycles. The second-order valence-electron chi connectivity index (χ2n) is 5.64. The van der Waals surface area contributed by atoms with Crippen molar-refractivity contribution in [2.45, 2.75) is 10.4 Å². The molecule has 11 heteroatoms. The summed E-state index contributed by atoms with van der Waals surface area (Å²) in [5.74, 6) is -1.08. The van der Waals surface area contributed by atoms with Crippen molar-refractivity contribution in [2.75, 3.05) is 23.9 Å². The minimum Gasteiger partial charge on any atom is -0.482 e. The zero-order chi connectivity index (χ0) is 20.0. The van der Waals surface area contributed by atoms with Crippen molar-refractivity contribution in [3.8, 4) is 5.75 Å². The number of fused-ring (bicyclic) bond motifs is 1. The lowest BCUT2D eigenvalue weighted by Crippen LogP contribution is -2.35. The Kier molecular flexibility index (Phi) is 4.50. The molecule has 1 heterocycles. The van der Waals surface area contributed by atoms with Crippen molar-refractivity contribution in [1.29, 1.82) is 0 Å². The number of ether oxygens (including phenoxy) is 1. The van der Waals surface area contributed by atoms with Crippen LogP contribution in [-0.4, -0.2) is 33.5 Å². The molecule has 2 aromatic rings. The SMILES string of the molecule is CN1C(=O)COc2ccc(Nc3ccc(F)cc3S(=O)(=O)C(F)(F)F)cc21. The van der Waals surface area contributed by atoms with Gasteiger partial charge in [0.25, 0.3) is 15.7 Å². The number of alkyl halides is 3. The number of hydrogen-bond donors (Lipinski definition) is 1. The Labute approximate surface area is 151 Å². The number of carbonyl (C=O) groups excluding carboxylic acids is 1. The summed E-state index contributed by atoms with van der Waals surface area (Å²) >= 11 is 0. The lowest BCUT2D eigenvalue weighted by molar-refractivity contribution is -0.120. The standard InChI is InChI=1S/C16H12F4N2O4S/c1-22-12-7-10(3-5-13(12)26-8-15(22)23)21-11-4-2-9(17)6-14(11)27(24,25)16(18,19)20/h2-7,21H,8H2,1H3. The average Bonchev–Trinajstić information content (AvgIpc) is 2.59. The third-order valence-electron chi connectivity index (χ3n) is 3.86. The van der Waals surface area contributed by atoms with E-state index in [1.165, 1.54) is 30.1 Å². The summed E-state index contributed by atoms with van der Waals surface area (Å²) in [6.45, 7) is -0.151. The molecule has 3 rings (SSSR count). The fourth-order valence-corrected chi connectivity index (χ4v) is 3.38. The number of nitrogens with one attached hydrogen (secondary N) is 1. The topological polar surface area (TPSA) is 75.7 Å². The molecular formula is C16H12F4N2O4S. The molecule has 144 valence electrons. The van der Waals surface area contributed by atoms with E-state index in [1.807, 2.05) is 0 Å². The summed E-state index contributed by atoms with van der Waals surface area (Å²) in [5, 5.41) is 2.52. The molecule has 0 radical (unpaired) electrons. The fourth-order valence-electron chi connectivity index (χ4n) is 2.45. The maximum absolute atomic E-state index is 13.4. The summed E-state index contributed by atoms with van der Waals surface area (Å²) in [6, 6.07) is 6.31. The highest BCUT2D eigenvalue weighted by Gasteiger charge is 2.48. The second-order valence-corrected chi connectivity index (χ2v) is 7.55. The van der Waals surface area contributed by atoms with E-state index in [0.29, 0.717) is 17.5 Å². The zero-order valence-corrected chi connectivity index (χ0v) is 14.5. The number of benzene rings is 2. The third-order valence-corrected chi connectivity index (χ3v) is 5.39. The van der Waals surface area contributed by atoms with Crippen molar-refractivity contribution in [2.24, 2.45) is 0 Å². The van der Waals surface area contributed by atoms with Crippen molar-refractivity contribution < 1.29 is 35.5 Å². The van der Waals surface area contributed by atoms with Gasteiger partial charge in [-0.05, 0) is 36.4 Å². The highest BCUT2D eigenvalue weighted by molar-refractivity contribution is 7.92. The first-order valence-electron chi connectivity index (χ1n) is 7.42. The number of anilines is 3. The largest absolute Gasteiger partial charge is 0.501 e. The van der Waals surface area contributed by atoms with Crippen LogP contribution in [0.3, 0.4) is 0 Å². The first-order valence-corrected chi connectivity index (χ1v) is 8.90. The van der Waals surface area contributed by atoms with Crippen molar-refractivity contribution in [3.63, 3.8) is 0 Å². The van der Waals surface area contributed by atoms with E-state index in [9.17, 15) is 30.8 Å². The fraction of sp³-hybridized carbons (Fsp3) is 0.188. The number of carbonyl (C=O) groups is 1. The molecule has 0 spiro atoms. The van der Waals surface area contributed by atoms with Crippen LogP contribution in [-0.2, 0) is 14.6 Å². The number of likely N-dealkylation sites (N-methyl/N-ethyl adjacent to an activating group) is 1. The lowest BCUT2D eigenvalue weighted by Gasteiger charge is -2.26. The van der Waals surface area contributed by atoms with Crippen LogP contribution in [0.2, 0.25) is 0 Å². The van der Waals surface area contributed by atoms with Crippen LogP contribution < -0.4 is 15.0 Å². The van der Waals surface area contributed by atoms with Crippen LogP contribution in [0, 0.1) is 5.82 Å². The van der Waals surface area contributed by atoms with Gasteiger partial charge in [0.05, 0.1) is 11.4 Å².